The fourth-order valence-corrected chi connectivity index (χ4v) is 1.26. The summed E-state index contributed by atoms with van der Waals surface area (Å²) >= 11 is 5.48. The van der Waals surface area contributed by atoms with Gasteiger partial charge in [-0.05, 0) is 12.1 Å². The zero-order valence-corrected chi connectivity index (χ0v) is 7.20. The Morgan fingerprint density at radius 1 is 1.38 bits per heavy atom. The average Bonchev–Trinajstić information content (AvgIpc) is 2.55. The van der Waals surface area contributed by atoms with Gasteiger partial charge in [0.25, 0.3) is 0 Å². The van der Waals surface area contributed by atoms with E-state index in [2.05, 4.69) is 9.97 Å². The predicted molar refractivity (Wildman–Crippen MR) is 45.6 cm³/mol. The molecule has 0 fully saturated rings. The maximum absolute atomic E-state index is 13.1. The zero-order chi connectivity index (χ0) is 9.42. The van der Waals surface area contributed by atoms with E-state index in [1.165, 1.54) is 6.07 Å². The average molecular weight is 203 g/mol. The quantitative estimate of drug-likeness (QED) is 0.708. The number of fused-ring (bicyclic) bond motifs is 1. The summed E-state index contributed by atoms with van der Waals surface area (Å²) in [5, 5.41) is 0. The van der Waals surface area contributed by atoms with Crippen molar-refractivity contribution in [3.63, 3.8) is 0 Å². The highest BCUT2D eigenvalue weighted by Crippen LogP contribution is 2.18. The lowest BCUT2D eigenvalue weighted by atomic mass is 10.3. The van der Waals surface area contributed by atoms with Crippen molar-refractivity contribution in [2.24, 2.45) is 0 Å². The Morgan fingerprint density at radius 3 is 2.85 bits per heavy atom. The lowest BCUT2D eigenvalue weighted by Gasteiger charge is -1.91. The van der Waals surface area contributed by atoms with Crippen LogP contribution in [0.15, 0.2) is 12.1 Å². The van der Waals surface area contributed by atoms with Gasteiger partial charge in [0.15, 0.2) is 11.6 Å². The van der Waals surface area contributed by atoms with Gasteiger partial charge in [-0.3, -0.25) is 0 Å². The van der Waals surface area contributed by atoms with Crippen LogP contribution in [0, 0.1) is 11.6 Å². The molecule has 0 aliphatic rings. The van der Waals surface area contributed by atoms with Crippen LogP contribution in [0.3, 0.4) is 0 Å². The molecule has 0 bridgehead atoms. The summed E-state index contributed by atoms with van der Waals surface area (Å²) in [4.78, 5) is 6.54. The highest BCUT2D eigenvalue weighted by molar-refractivity contribution is 6.16. The Kier molecular flexibility index (Phi) is 1.92. The van der Waals surface area contributed by atoms with Gasteiger partial charge in [-0.2, -0.15) is 0 Å². The number of benzene rings is 1. The van der Waals surface area contributed by atoms with E-state index < -0.39 is 11.6 Å². The number of alkyl halides is 1. The zero-order valence-electron chi connectivity index (χ0n) is 6.44. The van der Waals surface area contributed by atoms with Crippen molar-refractivity contribution in [2.75, 3.05) is 0 Å². The first-order valence-corrected chi connectivity index (χ1v) is 4.14. The third-order valence-corrected chi connectivity index (χ3v) is 1.98. The Balaban J connectivity index is 2.76. The molecule has 0 radical (unpaired) electrons. The van der Waals surface area contributed by atoms with Crippen molar-refractivity contribution < 1.29 is 8.78 Å². The van der Waals surface area contributed by atoms with Crippen LogP contribution in [0.5, 0.6) is 0 Å². The molecule has 1 aromatic carbocycles. The van der Waals surface area contributed by atoms with E-state index in [9.17, 15) is 8.78 Å². The summed E-state index contributed by atoms with van der Waals surface area (Å²) in [7, 11) is 0. The third-order valence-electron chi connectivity index (χ3n) is 1.72. The third kappa shape index (κ3) is 1.27. The number of hydrogen-bond donors (Lipinski definition) is 1. The van der Waals surface area contributed by atoms with E-state index in [-0.39, 0.29) is 11.4 Å². The second kappa shape index (κ2) is 2.96. The fraction of sp³-hybridized carbons (Fsp3) is 0.125. The van der Waals surface area contributed by atoms with Gasteiger partial charge in [0.05, 0.1) is 11.4 Å². The first kappa shape index (κ1) is 8.44. The summed E-state index contributed by atoms with van der Waals surface area (Å²) in [5.41, 5.74) is 0.449. The minimum absolute atomic E-state index is 0.0654. The summed E-state index contributed by atoms with van der Waals surface area (Å²) < 4.78 is 25.8. The molecule has 2 nitrogen and oxygen atoms in total. The molecule has 0 unspecified atom stereocenters. The molecule has 5 heteroatoms. The predicted octanol–water partition coefficient (Wildman–Crippen LogP) is 2.58. The number of H-pyrrole nitrogens is 1. The van der Waals surface area contributed by atoms with Gasteiger partial charge >= 0.3 is 0 Å². The Bertz CT molecular complexity index is 453. The standard InChI is InChI=1S/C8H5ClF2N2/c9-3-6-12-5-2-1-4(10)7(11)8(5)13-6/h1-2H,3H2,(H,12,13). The van der Waals surface area contributed by atoms with Gasteiger partial charge in [0.1, 0.15) is 11.3 Å². The summed E-state index contributed by atoms with van der Waals surface area (Å²) in [6.07, 6.45) is 0. The topological polar surface area (TPSA) is 28.7 Å². The van der Waals surface area contributed by atoms with E-state index in [1.807, 2.05) is 0 Å². The summed E-state index contributed by atoms with van der Waals surface area (Å²) in [5.74, 6) is -1.23. The SMILES string of the molecule is Fc1ccc2nc(CCl)[nH]c2c1F. The number of hydrogen-bond acceptors (Lipinski definition) is 1. The number of halogens is 3. The smallest absolute Gasteiger partial charge is 0.184 e. The van der Waals surface area contributed by atoms with E-state index in [0.717, 1.165) is 6.07 Å². The summed E-state index contributed by atoms with van der Waals surface area (Å²) in [6, 6.07) is 2.44. The molecule has 68 valence electrons. The van der Waals surface area contributed by atoms with Gasteiger partial charge < -0.3 is 4.98 Å². The number of aromatic amines is 1. The first-order chi connectivity index (χ1) is 6.22. The normalized spacial score (nSPS) is 11.0. The molecule has 0 aliphatic carbocycles. The highest BCUT2D eigenvalue weighted by Gasteiger charge is 2.10. The van der Waals surface area contributed by atoms with E-state index in [4.69, 9.17) is 11.6 Å². The van der Waals surface area contributed by atoms with Crippen LogP contribution in [0.1, 0.15) is 5.82 Å². The van der Waals surface area contributed by atoms with Crippen LogP contribution in [-0.4, -0.2) is 9.97 Å². The summed E-state index contributed by atoms with van der Waals surface area (Å²) in [6.45, 7) is 0. The molecule has 0 spiro atoms. The van der Waals surface area contributed by atoms with Crippen molar-refractivity contribution in [1.82, 2.24) is 9.97 Å². The van der Waals surface area contributed by atoms with Gasteiger partial charge in [-0.15, -0.1) is 11.6 Å². The lowest BCUT2D eigenvalue weighted by Crippen LogP contribution is -1.84. The first-order valence-electron chi connectivity index (χ1n) is 3.61. The molecular weight excluding hydrogens is 198 g/mol. The molecule has 0 saturated heterocycles. The fourth-order valence-electron chi connectivity index (χ4n) is 1.13. The molecule has 0 aliphatic heterocycles. The molecule has 1 N–H and O–H groups in total. The van der Waals surface area contributed by atoms with Gasteiger partial charge in [0.2, 0.25) is 0 Å². The van der Waals surface area contributed by atoms with Crippen LogP contribution in [0.2, 0.25) is 0 Å². The number of nitrogens with zero attached hydrogens (tertiary/aromatic N) is 1. The van der Waals surface area contributed by atoms with Crippen molar-refractivity contribution in [2.45, 2.75) is 5.88 Å². The molecule has 0 saturated carbocycles. The van der Waals surface area contributed by atoms with Gasteiger partial charge in [0, 0.05) is 0 Å². The minimum Gasteiger partial charge on any atom is -0.338 e. The van der Waals surface area contributed by atoms with Crippen molar-refractivity contribution >= 4 is 22.6 Å². The highest BCUT2D eigenvalue weighted by atomic mass is 35.5. The molecule has 1 aromatic heterocycles. The number of aromatic nitrogens is 2. The Morgan fingerprint density at radius 2 is 2.15 bits per heavy atom. The Labute approximate surface area is 77.5 Å². The number of imidazole rings is 1. The largest absolute Gasteiger partial charge is 0.338 e. The molecular formula is C8H5ClF2N2. The molecule has 13 heavy (non-hydrogen) atoms. The van der Waals surface area contributed by atoms with Crippen molar-refractivity contribution in [3.05, 3.63) is 29.6 Å². The number of nitrogens with one attached hydrogen (secondary N) is 1. The second-order valence-corrected chi connectivity index (χ2v) is 2.84. The molecule has 0 atom stereocenters. The van der Waals surface area contributed by atoms with Crippen LogP contribution in [-0.2, 0) is 5.88 Å². The van der Waals surface area contributed by atoms with Crippen LogP contribution < -0.4 is 0 Å². The van der Waals surface area contributed by atoms with Gasteiger partial charge in [-0.25, -0.2) is 13.8 Å². The molecule has 2 rings (SSSR count). The number of rotatable bonds is 1. The van der Waals surface area contributed by atoms with Crippen LogP contribution >= 0.6 is 11.6 Å². The molecule has 2 aromatic rings. The van der Waals surface area contributed by atoms with Crippen molar-refractivity contribution in [1.29, 1.82) is 0 Å². The maximum Gasteiger partial charge on any atom is 0.184 e. The van der Waals surface area contributed by atoms with E-state index in [1.54, 1.807) is 0 Å². The maximum atomic E-state index is 13.1. The Hall–Kier alpha value is -1.16. The van der Waals surface area contributed by atoms with Gasteiger partial charge in [-0.1, -0.05) is 0 Å². The van der Waals surface area contributed by atoms with E-state index >= 15 is 0 Å². The lowest BCUT2D eigenvalue weighted by molar-refractivity contribution is 0.515. The van der Waals surface area contributed by atoms with Crippen LogP contribution in [0.25, 0.3) is 11.0 Å². The molecule has 0 amide bonds. The minimum atomic E-state index is -0.915. The monoisotopic (exact) mass is 202 g/mol. The van der Waals surface area contributed by atoms with Crippen LogP contribution in [0.4, 0.5) is 8.78 Å². The second-order valence-electron chi connectivity index (χ2n) is 2.57. The van der Waals surface area contributed by atoms with E-state index in [0.29, 0.717) is 11.3 Å². The van der Waals surface area contributed by atoms with Crippen molar-refractivity contribution in [3.8, 4) is 0 Å². The molecule has 1 heterocycles.